The molecule has 1 aromatic carbocycles. The van der Waals surface area contributed by atoms with Crippen molar-refractivity contribution in [2.24, 2.45) is 5.92 Å². The largest absolute Gasteiger partial charge is 0.341 e. The van der Waals surface area contributed by atoms with Crippen molar-refractivity contribution in [1.29, 1.82) is 0 Å². The predicted molar refractivity (Wildman–Crippen MR) is 72.8 cm³/mol. The molecule has 0 spiro atoms. The van der Waals surface area contributed by atoms with E-state index in [4.69, 9.17) is 0 Å². The molecule has 4 nitrogen and oxygen atoms in total. The van der Waals surface area contributed by atoms with Gasteiger partial charge in [0.15, 0.2) is 0 Å². The molecule has 0 aromatic heterocycles. The van der Waals surface area contributed by atoms with E-state index in [0.717, 1.165) is 12.1 Å². The van der Waals surface area contributed by atoms with E-state index < -0.39 is 0 Å². The monoisotopic (exact) mass is 258 g/mol. The Morgan fingerprint density at radius 3 is 2.58 bits per heavy atom. The molecule has 0 saturated carbocycles. The average Bonchev–Trinajstić information content (AvgIpc) is 2.61. The summed E-state index contributed by atoms with van der Waals surface area (Å²) in [4.78, 5) is 27.4. The first-order valence-corrected chi connectivity index (χ1v) is 6.74. The first-order chi connectivity index (χ1) is 9.08. The van der Waals surface area contributed by atoms with E-state index in [1.54, 1.807) is 11.8 Å². The van der Waals surface area contributed by atoms with Gasteiger partial charge in [0, 0.05) is 31.7 Å². The molecule has 2 amide bonds. The van der Waals surface area contributed by atoms with E-state index >= 15 is 0 Å². The van der Waals surface area contributed by atoms with E-state index in [-0.39, 0.29) is 23.8 Å². The first-order valence-electron chi connectivity index (χ1n) is 6.74. The van der Waals surface area contributed by atoms with Gasteiger partial charge >= 0.3 is 0 Å². The van der Waals surface area contributed by atoms with Crippen molar-refractivity contribution in [2.45, 2.75) is 26.3 Å². The van der Waals surface area contributed by atoms with Gasteiger partial charge in [0.1, 0.15) is 0 Å². The van der Waals surface area contributed by atoms with Crippen LogP contribution in [0.3, 0.4) is 0 Å². The Labute approximate surface area is 113 Å². The number of anilines is 1. The summed E-state index contributed by atoms with van der Waals surface area (Å²) in [5, 5.41) is 0. The zero-order valence-corrected chi connectivity index (χ0v) is 11.3. The fourth-order valence-electron chi connectivity index (χ4n) is 2.99. The maximum absolute atomic E-state index is 12.6. The van der Waals surface area contributed by atoms with Crippen molar-refractivity contribution >= 4 is 17.5 Å². The van der Waals surface area contributed by atoms with Crippen molar-refractivity contribution in [3.63, 3.8) is 0 Å². The molecule has 1 atom stereocenters. The highest BCUT2D eigenvalue weighted by Crippen LogP contribution is 2.34. The minimum Gasteiger partial charge on any atom is -0.341 e. The maximum Gasteiger partial charge on any atom is 0.233 e. The third-order valence-electron chi connectivity index (χ3n) is 4.12. The number of benzene rings is 1. The number of hydrogen-bond donors (Lipinski definition) is 0. The number of nitrogens with zero attached hydrogens (tertiary/aromatic N) is 2. The van der Waals surface area contributed by atoms with Crippen molar-refractivity contribution in [3.8, 4) is 0 Å². The van der Waals surface area contributed by atoms with E-state index in [0.29, 0.717) is 13.1 Å². The number of hydrogen-bond acceptors (Lipinski definition) is 2. The predicted octanol–water partition coefficient (Wildman–Crippen LogP) is 1.44. The van der Waals surface area contributed by atoms with Crippen molar-refractivity contribution in [1.82, 2.24) is 4.90 Å². The molecule has 0 aliphatic carbocycles. The standard InChI is InChI=1S/C15H18N2O2/c1-10-7-12-5-3-4-6-14(12)17(10)15(19)13-8-16(9-13)11(2)18/h3-6,10,13H,7-9H2,1-2H3. The normalized spacial score (nSPS) is 22.1. The van der Waals surface area contributed by atoms with Gasteiger partial charge in [-0.25, -0.2) is 0 Å². The highest BCUT2D eigenvalue weighted by Gasteiger charge is 2.40. The minimum atomic E-state index is -0.0301. The van der Waals surface area contributed by atoms with Gasteiger partial charge in [-0.1, -0.05) is 18.2 Å². The van der Waals surface area contributed by atoms with Crippen LogP contribution in [-0.2, 0) is 16.0 Å². The van der Waals surface area contributed by atoms with E-state index in [2.05, 4.69) is 13.0 Å². The van der Waals surface area contributed by atoms with Gasteiger partial charge in [-0.05, 0) is 25.0 Å². The third kappa shape index (κ3) is 1.91. The lowest BCUT2D eigenvalue weighted by Gasteiger charge is -2.40. The van der Waals surface area contributed by atoms with Crippen LogP contribution < -0.4 is 4.90 Å². The van der Waals surface area contributed by atoms with Gasteiger partial charge < -0.3 is 9.80 Å². The molecule has 19 heavy (non-hydrogen) atoms. The molecule has 0 N–H and O–H groups in total. The SMILES string of the molecule is CC(=O)N1CC(C(=O)N2c3ccccc3CC2C)C1. The quantitative estimate of drug-likeness (QED) is 0.765. The Balaban J connectivity index is 1.76. The average molecular weight is 258 g/mol. The molecular weight excluding hydrogens is 240 g/mol. The summed E-state index contributed by atoms with van der Waals surface area (Å²) in [5.74, 6) is 0.186. The second kappa shape index (κ2) is 4.37. The summed E-state index contributed by atoms with van der Waals surface area (Å²) in [6, 6.07) is 8.30. The highest BCUT2D eigenvalue weighted by atomic mass is 16.2. The van der Waals surface area contributed by atoms with Crippen molar-refractivity contribution < 1.29 is 9.59 Å². The van der Waals surface area contributed by atoms with Gasteiger partial charge in [-0.2, -0.15) is 0 Å². The molecule has 0 radical (unpaired) electrons. The summed E-state index contributed by atoms with van der Waals surface area (Å²) in [7, 11) is 0. The van der Waals surface area contributed by atoms with Gasteiger partial charge in [0.05, 0.1) is 5.92 Å². The fraction of sp³-hybridized carbons (Fsp3) is 0.467. The van der Waals surface area contributed by atoms with Crippen molar-refractivity contribution in [2.75, 3.05) is 18.0 Å². The second-order valence-electron chi connectivity index (χ2n) is 5.51. The molecule has 100 valence electrons. The Kier molecular flexibility index (Phi) is 2.81. The topological polar surface area (TPSA) is 40.6 Å². The van der Waals surface area contributed by atoms with Crippen LogP contribution in [0, 0.1) is 5.92 Å². The fourth-order valence-corrected chi connectivity index (χ4v) is 2.99. The summed E-state index contributed by atoms with van der Waals surface area (Å²) >= 11 is 0. The second-order valence-corrected chi connectivity index (χ2v) is 5.51. The molecule has 2 aliphatic heterocycles. The highest BCUT2D eigenvalue weighted by molar-refractivity contribution is 5.99. The first kappa shape index (κ1) is 12.2. The van der Waals surface area contributed by atoms with Gasteiger partial charge in [0.25, 0.3) is 0 Å². The van der Waals surface area contributed by atoms with Crippen molar-refractivity contribution in [3.05, 3.63) is 29.8 Å². The third-order valence-corrected chi connectivity index (χ3v) is 4.12. The van der Waals surface area contributed by atoms with Crippen LogP contribution in [0.5, 0.6) is 0 Å². The Morgan fingerprint density at radius 2 is 1.89 bits per heavy atom. The number of fused-ring (bicyclic) bond motifs is 1. The molecule has 4 heteroatoms. The summed E-state index contributed by atoms with van der Waals surface area (Å²) in [6.07, 6.45) is 0.922. The Hall–Kier alpha value is -1.84. The number of amides is 2. The molecule has 1 aromatic rings. The Bertz CT molecular complexity index is 535. The van der Waals surface area contributed by atoms with Crippen LogP contribution in [0.15, 0.2) is 24.3 Å². The lowest BCUT2D eigenvalue weighted by Crippen LogP contribution is -2.56. The summed E-state index contributed by atoms with van der Waals surface area (Å²) < 4.78 is 0. The zero-order valence-electron chi connectivity index (χ0n) is 11.3. The van der Waals surface area contributed by atoms with E-state index in [9.17, 15) is 9.59 Å². The molecule has 2 heterocycles. The smallest absolute Gasteiger partial charge is 0.233 e. The molecule has 1 fully saturated rings. The van der Waals surface area contributed by atoms with Crippen LogP contribution in [0.1, 0.15) is 19.4 Å². The van der Waals surface area contributed by atoms with Crippen LogP contribution in [-0.4, -0.2) is 35.8 Å². The number of para-hydroxylation sites is 1. The lowest BCUT2D eigenvalue weighted by atomic mass is 9.98. The molecule has 1 unspecified atom stereocenters. The number of rotatable bonds is 1. The van der Waals surface area contributed by atoms with Gasteiger partial charge in [-0.3, -0.25) is 9.59 Å². The van der Waals surface area contributed by atoms with Crippen LogP contribution in [0.2, 0.25) is 0 Å². The van der Waals surface area contributed by atoms with E-state index in [1.165, 1.54) is 5.56 Å². The zero-order chi connectivity index (χ0) is 13.6. The Morgan fingerprint density at radius 1 is 1.21 bits per heavy atom. The van der Waals surface area contributed by atoms with Gasteiger partial charge in [0.2, 0.25) is 11.8 Å². The van der Waals surface area contributed by atoms with E-state index in [1.807, 2.05) is 23.1 Å². The van der Waals surface area contributed by atoms with Gasteiger partial charge in [-0.15, -0.1) is 0 Å². The molecule has 1 saturated heterocycles. The molecule has 0 bridgehead atoms. The van der Waals surface area contributed by atoms with Crippen LogP contribution >= 0.6 is 0 Å². The number of likely N-dealkylation sites (tertiary alicyclic amines) is 1. The lowest BCUT2D eigenvalue weighted by molar-refractivity contribution is -0.140. The molecule has 2 aliphatic rings. The number of carbonyl (C=O) groups is 2. The van der Waals surface area contributed by atoms with Crippen LogP contribution in [0.4, 0.5) is 5.69 Å². The van der Waals surface area contributed by atoms with Crippen LogP contribution in [0.25, 0.3) is 0 Å². The minimum absolute atomic E-state index is 0.0301. The maximum atomic E-state index is 12.6. The molecular formula is C15H18N2O2. The number of carbonyl (C=O) groups excluding carboxylic acids is 2. The summed E-state index contributed by atoms with van der Waals surface area (Å²) in [5.41, 5.74) is 2.28. The summed E-state index contributed by atoms with van der Waals surface area (Å²) in [6.45, 7) is 4.77. The molecule has 3 rings (SSSR count).